The van der Waals surface area contributed by atoms with Crippen LogP contribution in [0.1, 0.15) is 23.6 Å². The van der Waals surface area contributed by atoms with Gasteiger partial charge in [0, 0.05) is 22.6 Å². The smallest absolute Gasteiger partial charge is 0.161 e. The lowest BCUT2D eigenvalue weighted by atomic mass is 9.96. The number of halogens is 1. The highest BCUT2D eigenvalue weighted by molar-refractivity contribution is 6.31. The fraction of sp³-hybridized carbons (Fsp3) is 0.176. The molecule has 0 spiro atoms. The minimum atomic E-state index is -0.323. The Morgan fingerprint density at radius 2 is 1.90 bits per heavy atom. The average Bonchev–Trinajstić information content (AvgIpc) is 2.58. The molecule has 2 nitrogen and oxygen atoms in total. The van der Waals surface area contributed by atoms with E-state index in [4.69, 9.17) is 11.6 Å². The monoisotopic (exact) mass is 283 g/mol. The normalized spacial score (nSPS) is 18.2. The zero-order valence-electron chi connectivity index (χ0n) is 11.1. The van der Waals surface area contributed by atoms with E-state index in [0.717, 1.165) is 22.4 Å². The van der Waals surface area contributed by atoms with Crippen LogP contribution < -0.4 is 0 Å². The van der Waals surface area contributed by atoms with Gasteiger partial charge in [-0.3, -0.25) is 9.79 Å². The number of nitrogens with zero attached hydrogens (tertiary/aromatic N) is 1. The second-order valence-electron chi connectivity index (χ2n) is 4.96. The third-order valence-electron chi connectivity index (χ3n) is 3.53. The van der Waals surface area contributed by atoms with Gasteiger partial charge in [0.15, 0.2) is 5.78 Å². The largest absolute Gasteiger partial charge is 0.297 e. The molecule has 1 heterocycles. The summed E-state index contributed by atoms with van der Waals surface area (Å²) in [4.78, 5) is 16.7. The molecule has 1 atom stereocenters. The van der Waals surface area contributed by atoms with Crippen molar-refractivity contribution in [3.8, 4) is 0 Å². The van der Waals surface area contributed by atoms with Gasteiger partial charge in [-0.25, -0.2) is 0 Å². The van der Waals surface area contributed by atoms with Crippen molar-refractivity contribution in [2.24, 2.45) is 4.99 Å². The number of hydrogen-bond donors (Lipinski definition) is 0. The van der Waals surface area contributed by atoms with Crippen LogP contribution in [0.15, 0.2) is 53.5 Å². The van der Waals surface area contributed by atoms with Crippen molar-refractivity contribution in [3.63, 3.8) is 0 Å². The van der Waals surface area contributed by atoms with E-state index >= 15 is 0 Å². The average molecular weight is 284 g/mol. The van der Waals surface area contributed by atoms with Gasteiger partial charge in [0.2, 0.25) is 0 Å². The van der Waals surface area contributed by atoms with Crippen molar-refractivity contribution in [2.45, 2.75) is 19.4 Å². The van der Waals surface area contributed by atoms with Crippen LogP contribution in [-0.2, 0) is 11.2 Å². The molecule has 3 rings (SSSR count). The summed E-state index contributed by atoms with van der Waals surface area (Å²) in [6.07, 6.45) is 0.410. The minimum Gasteiger partial charge on any atom is -0.297 e. The lowest BCUT2D eigenvalue weighted by Gasteiger charge is -2.10. The van der Waals surface area contributed by atoms with Crippen LogP contribution >= 0.6 is 11.6 Å². The van der Waals surface area contributed by atoms with Crippen LogP contribution in [-0.4, -0.2) is 17.5 Å². The van der Waals surface area contributed by atoms with Crippen LogP contribution in [0.4, 0.5) is 0 Å². The Labute approximate surface area is 123 Å². The summed E-state index contributed by atoms with van der Waals surface area (Å²) in [6, 6.07) is 15.2. The number of carbonyl (C=O) groups excluding carboxylic acids is 1. The molecule has 2 aromatic rings. The SMILES string of the molecule is C[C@H]1N=C(c2ccccc2)c2cc(Cl)ccc2CC1=O. The van der Waals surface area contributed by atoms with Crippen molar-refractivity contribution in [3.05, 3.63) is 70.2 Å². The molecule has 100 valence electrons. The van der Waals surface area contributed by atoms with Gasteiger partial charge >= 0.3 is 0 Å². The summed E-state index contributed by atoms with van der Waals surface area (Å²) in [7, 11) is 0. The van der Waals surface area contributed by atoms with E-state index in [1.807, 2.05) is 55.5 Å². The van der Waals surface area contributed by atoms with E-state index in [2.05, 4.69) is 4.99 Å². The second kappa shape index (κ2) is 5.22. The third kappa shape index (κ3) is 2.39. The van der Waals surface area contributed by atoms with E-state index in [-0.39, 0.29) is 11.8 Å². The molecule has 0 N–H and O–H groups in total. The van der Waals surface area contributed by atoms with Gasteiger partial charge in [-0.1, -0.05) is 48.0 Å². The molecule has 0 unspecified atom stereocenters. The summed E-state index contributed by atoms with van der Waals surface area (Å²) in [5, 5.41) is 0.661. The summed E-state index contributed by atoms with van der Waals surface area (Å²) in [5.41, 5.74) is 3.81. The quantitative estimate of drug-likeness (QED) is 0.785. The molecule has 0 aromatic heterocycles. The van der Waals surface area contributed by atoms with E-state index in [9.17, 15) is 4.79 Å². The van der Waals surface area contributed by atoms with Crippen LogP contribution in [0.25, 0.3) is 0 Å². The van der Waals surface area contributed by atoms with Gasteiger partial charge < -0.3 is 0 Å². The van der Waals surface area contributed by atoms with Crippen LogP contribution in [0.5, 0.6) is 0 Å². The molecule has 20 heavy (non-hydrogen) atoms. The Kier molecular flexibility index (Phi) is 3.41. The molecular weight excluding hydrogens is 270 g/mol. The lowest BCUT2D eigenvalue weighted by molar-refractivity contribution is -0.119. The molecule has 3 heteroatoms. The Morgan fingerprint density at radius 3 is 2.65 bits per heavy atom. The number of fused-ring (bicyclic) bond motifs is 1. The first-order chi connectivity index (χ1) is 9.65. The minimum absolute atomic E-state index is 0.138. The molecule has 1 aliphatic heterocycles. The predicted octanol–water partition coefficient (Wildman–Crippen LogP) is 3.69. The maximum absolute atomic E-state index is 12.1. The van der Waals surface area contributed by atoms with Crippen LogP contribution in [0.3, 0.4) is 0 Å². The number of benzene rings is 2. The highest BCUT2D eigenvalue weighted by Gasteiger charge is 2.23. The number of hydrogen-bond acceptors (Lipinski definition) is 2. The van der Waals surface area contributed by atoms with Gasteiger partial charge in [0.1, 0.15) is 6.04 Å². The Bertz CT molecular complexity index is 691. The zero-order valence-corrected chi connectivity index (χ0v) is 11.9. The second-order valence-corrected chi connectivity index (χ2v) is 5.40. The summed E-state index contributed by atoms with van der Waals surface area (Å²) in [6.45, 7) is 1.85. The molecule has 0 fully saturated rings. The fourth-order valence-corrected chi connectivity index (χ4v) is 2.59. The van der Waals surface area contributed by atoms with Crippen molar-refractivity contribution in [2.75, 3.05) is 0 Å². The van der Waals surface area contributed by atoms with Crippen molar-refractivity contribution < 1.29 is 4.79 Å². The van der Waals surface area contributed by atoms with Crippen LogP contribution in [0, 0.1) is 0 Å². The number of aliphatic imine (C=N–C) groups is 1. The number of Topliss-reactive ketones (excluding diaryl/α,β-unsaturated/α-hetero) is 1. The molecular formula is C17H14ClNO. The standard InChI is InChI=1S/C17H14ClNO/c1-11-16(20)9-13-7-8-14(18)10-15(13)17(19-11)12-5-3-2-4-6-12/h2-8,10-11H,9H2,1H3/t11-/m1/s1. The van der Waals surface area contributed by atoms with Crippen molar-refractivity contribution in [1.82, 2.24) is 0 Å². The molecule has 2 aromatic carbocycles. The number of ketones is 1. The first-order valence-corrected chi connectivity index (χ1v) is 6.97. The van der Waals surface area contributed by atoms with Crippen molar-refractivity contribution >= 4 is 23.1 Å². The maximum atomic E-state index is 12.1. The molecule has 0 saturated carbocycles. The van der Waals surface area contributed by atoms with Crippen molar-refractivity contribution in [1.29, 1.82) is 0 Å². The molecule has 0 bridgehead atoms. The van der Waals surface area contributed by atoms with E-state index in [0.29, 0.717) is 11.4 Å². The van der Waals surface area contributed by atoms with Gasteiger partial charge in [0.25, 0.3) is 0 Å². The highest BCUT2D eigenvalue weighted by Crippen LogP contribution is 2.24. The summed E-state index contributed by atoms with van der Waals surface area (Å²) < 4.78 is 0. The lowest BCUT2D eigenvalue weighted by Crippen LogP contribution is -2.15. The first kappa shape index (κ1) is 13.1. The van der Waals surface area contributed by atoms with Gasteiger partial charge in [-0.05, 0) is 24.6 Å². The topological polar surface area (TPSA) is 29.4 Å². The predicted molar refractivity (Wildman–Crippen MR) is 81.7 cm³/mol. The van der Waals surface area contributed by atoms with Gasteiger partial charge in [-0.15, -0.1) is 0 Å². The third-order valence-corrected chi connectivity index (χ3v) is 3.76. The highest BCUT2D eigenvalue weighted by atomic mass is 35.5. The van der Waals surface area contributed by atoms with Gasteiger partial charge in [-0.2, -0.15) is 0 Å². The first-order valence-electron chi connectivity index (χ1n) is 6.60. The summed E-state index contributed by atoms with van der Waals surface area (Å²) >= 11 is 6.12. The molecule has 0 amide bonds. The number of rotatable bonds is 1. The Hall–Kier alpha value is -1.93. The fourth-order valence-electron chi connectivity index (χ4n) is 2.42. The van der Waals surface area contributed by atoms with E-state index < -0.39 is 0 Å². The van der Waals surface area contributed by atoms with E-state index in [1.54, 1.807) is 0 Å². The molecule has 0 saturated heterocycles. The van der Waals surface area contributed by atoms with Crippen LogP contribution in [0.2, 0.25) is 5.02 Å². The molecule has 1 aliphatic rings. The zero-order chi connectivity index (χ0) is 14.1. The Morgan fingerprint density at radius 1 is 1.15 bits per heavy atom. The van der Waals surface area contributed by atoms with E-state index in [1.165, 1.54) is 0 Å². The van der Waals surface area contributed by atoms with Gasteiger partial charge in [0.05, 0.1) is 5.71 Å². The summed E-state index contributed by atoms with van der Waals surface area (Å²) in [5.74, 6) is 0.138. The molecule has 0 radical (unpaired) electrons. The number of carbonyl (C=O) groups is 1. The molecule has 0 aliphatic carbocycles. The maximum Gasteiger partial charge on any atom is 0.161 e. The Balaban J connectivity index is 2.23.